The van der Waals surface area contributed by atoms with Crippen LogP contribution in [0.5, 0.6) is 0 Å². The summed E-state index contributed by atoms with van der Waals surface area (Å²) in [7, 11) is 1.88. The van der Waals surface area contributed by atoms with E-state index in [9.17, 15) is 9.90 Å². The van der Waals surface area contributed by atoms with E-state index in [0.29, 0.717) is 43.5 Å². The van der Waals surface area contributed by atoms with Gasteiger partial charge < -0.3 is 9.84 Å². The average Bonchev–Trinajstić information content (AvgIpc) is 3.54. The Kier molecular flexibility index (Phi) is 7.28. The number of aryl methyl sites for hydroxylation is 2. The fourth-order valence-electron chi connectivity index (χ4n) is 5.24. The number of nitrogens with zero attached hydrogens (tertiary/aromatic N) is 4. The zero-order valence-electron chi connectivity index (χ0n) is 24.1. The highest BCUT2D eigenvalue weighted by atomic mass is 35.5. The second-order valence-corrected chi connectivity index (χ2v) is 12.8. The number of aromatic nitrogens is 4. The number of halogens is 2. The van der Waals surface area contributed by atoms with Gasteiger partial charge in [0.05, 0.1) is 39.4 Å². The molecule has 6 rings (SSSR count). The Morgan fingerprint density at radius 2 is 1.79 bits per heavy atom. The Balaban J connectivity index is 1.56. The van der Waals surface area contributed by atoms with Gasteiger partial charge in [0.2, 0.25) is 0 Å². The number of pyridine rings is 1. The number of carboxylic acid groups (broad SMARTS) is 1. The predicted molar refractivity (Wildman–Crippen MR) is 169 cm³/mol. The minimum Gasteiger partial charge on any atom is -0.479 e. The highest BCUT2D eigenvalue weighted by Gasteiger charge is 2.32. The molecule has 7 nitrogen and oxygen atoms in total. The summed E-state index contributed by atoms with van der Waals surface area (Å²) < 4.78 is 24.0. The normalized spacial score (nSPS) is 12.7. The lowest BCUT2D eigenvalue weighted by atomic mass is 9.91. The SMILES string of the molecule is Cc1cc2nc(-c3cc(-c4ccc5c(cnn5C)c4)ncc3F)sc2c(-c2ccc(Cl)cc2)c1[C@H](OC(C)(C)C)C(=O)O. The van der Waals surface area contributed by atoms with Crippen molar-refractivity contribution in [3.63, 3.8) is 0 Å². The van der Waals surface area contributed by atoms with Crippen LogP contribution in [0.2, 0.25) is 5.02 Å². The number of carboxylic acids is 1. The van der Waals surface area contributed by atoms with Gasteiger partial charge in [-0.2, -0.15) is 5.10 Å². The van der Waals surface area contributed by atoms with E-state index in [1.807, 2.05) is 71.1 Å². The van der Waals surface area contributed by atoms with Gasteiger partial charge in [-0.1, -0.05) is 29.8 Å². The number of hydrogen-bond donors (Lipinski definition) is 1. The number of benzene rings is 3. The van der Waals surface area contributed by atoms with Gasteiger partial charge in [-0.05, 0) is 75.2 Å². The van der Waals surface area contributed by atoms with E-state index < -0.39 is 23.5 Å². The lowest BCUT2D eigenvalue weighted by Gasteiger charge is -2.28. The number of ether oxygens (including phenoxy) is 1. The molecule has 0 radical (unpaired) electrons. The van der Waals surface area contributed by atoms with Crippen molar-refractivity contribution in [2.45, 2.75) is 39.4 Å². The van der Waals surface area contributed by atoms with Crippen molar-refractivity contribution in [1.82, 2.24) is 19.7 Å². The molecule has 0 aliphatic rings. The van der Waals surface area contributed by atoms with Crippen LogP contribution in [-0.4, -0.2) is 36.4 Å². The van der Waals surface area contributed by atoms with E-state index >= 15 is 4.39 Å². The Hall–Kier alpha value is -4.18. The Labute approximate surface area is 256 Å². The van der Waals surface area contributed by atoms with Gasteiger partial charge in [-0.25, -0.2) is 14.2 Å². The highest BCUT2D eigenvalue weighted by Crippen LogP contribution is 2.45. The smallest absolute Gasteiger partial charge is 0.337 e. The quantitative estimate of drug-likeness (QED) is 0.202. The maximum atomic E-state index is 15.4. The van der Waals surface area contributed by atoms with Crippen LogP contribution in [0.25, 0.3) is 54.1 Å². The van der Waals surface area contributed by atoms with E-state index in [4.69, 9.17) is 21.3 Å². The van der Waals surface area contributed by atoms with Crippen molar-refractivity contribution >= 4 is 50.0 Å². The molecule has 0 fully saturated rings. The monoisotopic (exact) mass is 614 g/mol. The number of aliphatic carboxylic acids is 1. The molecule has 10 heteroatoms. The minimum atomic E-state index is -1.24. The molecule has 218 valence electrons. The van der Waals surface area contributed by atoms with Crippen LogP contribution in [0, 0.1) is 12.7 Å². The molecule has 0 spiro atoms. The van der Waals surface area contributed by atoms with E-state index in [1.54, 1.807) is 29.1 Å². The Morgan fingerprint density at radius 1 is 1.07 bits per heavy atom. The number of fused-ring (bicyclic) bond motifs is 2. The number of rotatable bonds is 6. The first-order chi connectivity index (χ1) is 20.4. The van der Waals surface area contributed by atoms with Crippen LogP contribution in [0.4, 0.5) is 4.39 Å². The zero-order valence-corrected chi connectivity index (χ0v) is 25.7. The van der Waals surface area contributed by atoms with Gasteiger partial charge in [-0.3, -0.25) is 9.67 Å². The van der Waals surface area contributed by atoms with Crippen LogP contribution < -0.4 is 0 Å². The fraction of sp³-hybridized carbons (Fsp3) is 0.212. The number of hydrogen-bond acceptors (Lipinski definition) is 6. The van der Waals surface area contributed by atoms with Gasteiger partial charge in [0.15, 0.2) is 11.9 Å². The van der Waals surface area contributed by atoms with E-state index in [-0.39, 0.29) is 0 Å². The van der Waals surface area contributed by atoms with Crippen molar-refractivity contribution < 1.29 is 19.0 Å². The maximum absolute atomic E-state index is 15.4. The number of thiazole rings is 1. The molecule has 0 saturated heterocycles. The molecule has 0 bridgehead atoms. The summed E-state index contributed by atoms with van der Waals surface area (Å²) in [6, 6.07) is 16.6. The van der Waals surface area contributed by atoms with Gasteiger partial charge in [0.1, 0.15) is 5.01 Å². The van der Waals surface area contributed by atoms with Crippen LogP contribution in [-0.2, 0) is 16.6 Å². The second kappa shape index (κ2) is 10.8. The summed E-state index contributed by atoms with van der Waals surface area (Å²) in [4.78, 5) is 21.8. The van der Waals surface area contributed by atoms with Crippen LogP contribution in [0.3, 0.4) is 0 Å². The van der Waals surface area contributed by atoms with Crippen molar-refractivity contribution in [2.24, 2.45) is 7.05 Å². The summed E-state index contributed by atoms with van der Waals surface area (Å²) in [5.74, 6) is -1.61. The molecule has 6 aromatic rings. The van der Waals surface area contributed by atoms with Gasteiger partial charge >= 0.3 is 5.97 Å². The Bertz CT molecular complexity index is 2030. The van der Waals surface area contributed by atoms with Crippen molar-refractivity contribution in [1.29, 1.82) is 0 Å². The first-order valence-electron chi connectivity index (χ1n) is 13.6. The summed E-state index contributed by atoms with van der Waals surface area (Å²) in [6.45, 7) is 7.30. The molecular formula is C33H28ClFN4O3S. The molecular weight excluding hydrogens is 587 g/mol. The first kappa shape index (κ1) is 28.9. The highest BCUT2D eigenvalue weighted by molar-refractivity contribution is 7.22. The average molecular weight is 615 g/mol. The predicted octanol–water partition coefficient (Wildman–Crippen LogP) is 8.62. The molecule has 0 aliphatic carbocycles. The lowest BCUT2D eigenvalue weighted by Crippen LogP contribution is -2.28. The summed E-state index contributed by atoms with van der Waals surface area (Å²) in [5, 5.41) is 16.6. The van der Waals surface area contributed by atoms with E-state index in [0.717, 1.165) is 26.7 Å². The van der Waals surface area contributed by atoms with Gasteiger partial charge in [-0.15, -0.1) is 11.3 Å². The largest absolute Gasteiger partial charge is 0.479 e. The zero-order chi connectivity index (χ0) is 30.6. The summed E-state index contributed by atoms with van der Waals surface area (Å²) in [6.07, 6.45) is 1.74. The molecule has 3 aromatic carbocycles. The molecule has 1 N–H and O–H groups in total. The third-order valence-corrected chi connectivity index (χ3v) is 8.52. The molecule has 3 aromatic heterocycles. The van der Waals surface area contributed by atoms with Crippen LogP contribution >= 0.6 is 22.9 Å². The minimum absolute atomic E-state index is 0.305. The standard InChI is InChI=1S/C33H28ClFN4O3S/c1-17-12-25-30(28(18-6-9-21(34)10-7-18)27(17)29(32(40)41)42-33(2,3)4)43-31(38-25)22-14-24(36-16-23(22)35)19-8-11-26-20(13-19)15-37-39(26)5/h6-16,29H,1-5H3,(H,40,41)/t29-/m0/s1. The fourth-order valence-corrected chi connectivity index (χ4v) is 6.51. The van der Waals surface area contributed by atoms with E-state index in [2.05, 4.69) is 10.1 Å². The molecule has 1 atom stereocenters. The molecule has 43 heavy (non-hydrogen) atoms. The lowest BCUT2D eigenvalue weighted by molar-refractivity contribution is -0.160. The third kappa shape index (κ3) is 5.51. The maximum Gasteiger partial charge on any atom is 0.337 e. The molecule has 0 aliphatic heterocycles. The summed E-state index contributed by atoms with van der Waals surface area (Å²) in [5.41, 5.74) is 5.26. The van der Waals surface area contributed by atoms with Gasteiger partial charge in [0, 0.05) is 39.7 Å². The van der Waals surface area contributed by atoms with Crippen molar-refractivity contribution in [3.8, 4) is 33.0 Å². The molecule has 0 saturated carbocycles. The van der Waals surface area contributed by atoms with Crippen LogP contribution in [0.1, 0.15) is 38.0 Å². The first-order valence-corrected chi connectivity index (χ1v) is 14.8. The molecule has 0 unspecified atom stereocenters. The van der Waals surface area contributed by atoms with Gasteiger partial charge in [0.25, 0.3) is 0 Å². The molecule has 3 heterocycles. The second-order valence-electron chi connectivity index (χ2n) is 11.4. The topological polar surface area (TPSA) is 90.1 Å². The molecule has 0 amide bonds. The van der Waals surface area contributed by atoms with E-state index in [1.165, 1.54) is 17.5 Å². The van der Waals surface area contributed by atoms with Crippen molar-refractivity contribution in [2.75, 3.05) is 0 Å². The number of carbonyl (C=O) groups is 1. The Morgan fingerprint density at radius 3 is 2.49 bits per heavy atom. The van der Waals surface area contributed by atoms with Crippen molar-refractivity contribution in [3.05, 3.63) is 89.0 Å². The van der Waals surface area contributed by atoms with Crippen LogP contribution in [0.15, 0.2) is 67.0 Å². The third-order valence-electron chi connectivity index (χ3n) is 7.15. The summed E-state index contributed by atoms with van der Waals surface area (Å²) >= 11 is 7.50.